The quantitative estimate of drug-likeness (QED) is 0.746. The molecule has 0 spiro atoms. The first-order chi connectivity index (χ1) is 8.50. The number of hydrogen-bond acceptors (Lipinski definition) is 1. The molecule has 2 aromatic carbocycles. The highest BCUT2D eigenvalue weighted by molar-refractivity contribution is 6.31. The zero-order valence-corrected chi connectivity index (χ0v) is 10.3. The summed E-state index contributed by atoms with van der Waals surface area (Å²) in [5.41, 5.74) is 0.748. The monoisotopic (exact) mass is 266 g/mol. The van der Waals surface area contributed by atoms with Crippen molar-refractivity contribution in [2.45, 2.75) is 6.92 Å². The second kappa shape index (κ2) is 4.86. The molecule has 0 saturated carbocycles. The van der Waals surface area contributed by atoms with Crippen molar-refractivity contribution in [3.05, 3.63) is 69.7 Å². The van der Waals surface area contributed by atoms with Crippen LogP contribution in [-0.2, 0) is 0 Å². The normalized spacial score (nSPS) is 10.4. The third-order valence-electron chi connectivity index (χ3n) is 2.63. The third kappa shape index (κ3) is 2.27. The molecule has 0 fully saturated rings. The van der Waals surface area contributed by atoms with Crippen LogP contribution in [0.15, 0.2) is 36.4 Å². The van der Waals surface area contributed by atoms with Gasteiger partial charge in [0.05, 0.1) is 5.56 Å². The maximum atomic E-state index is 13.5. The number of hydrogen-bond donors (Lipinski definition) is 0. The van der Waals surface area contributed by atoms with Gasteiger partial charge in [0.25, 0.3) is 0 Å². The number of ketones is 1. The van der Waals surface area contributed by atoms with Gasteiger partial charge >= 0.3 is 0 Å². The van der Waals surface area contributed by atoms with E-state index in [1.54, 1.807) is 13.0 Å². The van der Waals surface area contributed by atoms with Crippen molar-refractivity contribution >= 4 is 17.4 Å². The molecule has 0 aromatic heterocycles. The fourth-order valence-corrected chi connectivity index (χ4v) is 1.75. The van der Waals surface area contributed by atoms with Gasteiger partial charge in [-0.05, 0) is 30.7 Å². The highest BCUT2D eigenvalue weighted by Crippen LogP contribution is 2.21. The second-order valence-corrected chi connectivity index (χ2v) is 4.30. The molecule has 0 amide bonds. The van der Waals surface area contributed by atoms with Crippen molar-refractivity contribution in [1.82, 2.24) is 0 Å². The number of aryl methyl sites for hydroxylation is 1. The Morgan fingerprint density at radius 3 is 2.56 bits per heavy atom. The number of halogens is 3. The number of benzene rings is 2. The molecule has 0 saturated heterocycles. The Kier molecular flexibility index (Phi) is 3.43. The number of carbonyl (C=O) groups excluding carboxylic acids is 1. The molecular formula is C14H9ClF2O. The first kappa shape index (κ1) is 12.7. The van der Waals surface area contributed by atoms with Gasteiger partial charge < -0.3 is 0 Å². The maximum Gasteiger partial charge on any atom is 0.196 e. The van der Waals surface area contributed by atoms with Gasteiger partial charge in [0.2, 0.25) is 0 Å². The van der Waals surface area contributed by atoms with E-state index in [4.69, 9.17) is 11.6 Å². The van der Waals surface area contributed by atoms with Crippen LogP contribution in [0.2, 0.25) is 5.02 Å². The van der Waals surface area contributed by atoms with Gasteiger partial charge in [-0.25, -0.2) is 8.78 Å². The summed E-state index contributed by atoms with van der Waals surface area (Å²) in [4.78, 5) is 12.0. The average Bonchev–Trinajstić information content (AvgIpc) is 2.35. The van der Waals surface area contributed by atoms with E-state index in [0.29, 0.717) is 5.02 Å². The fourth-order valence-electron chi connectivity index (χ4n) is 1.57. The smallest absolute Gasteiger partial charge is 0.196 e. The molecule has 0 unspecified atom stereocenters. The predicted octanol–water partition coefficient (Wildman–Crippen LogP) is 4.16. The van der Waals surface area contributed by atoms with Crippen LogP contribution < -0.4 is 0 Å². The van der Waals surface area contributed by atoms with Crippen LogP contribution in [0.1, 0.15) is 21.5 Å². The first-order valence-corrected chi connectivity index (χ1v) is 5.63. The minimum absolute atomic E-state index is 0.232. The maximum absolute atomic E-state index is 13.5. The van der Waals surface area contributed by atoms with E-state index in [1.165, 1.54) is 24.3 Å². The first-order valence-electron chi connectivity index (χ1n) is 5.25. The summed E-state index contributed by atoms with van der Waals surface area (Å²) in [5.74, 6) is -2.77. The molecule has 0 radical (unpaired) electrons. The zero-order valence-electron chi connectivity index (χ0n) is 9.51. The Morgan fingerprint density at radius 2 is 1.89 bits per heavy atom. The lowest BCUT2D eigenvalue weighted by atomic mass is 10.0. The van der Waals surface area contributed by atoms with E-state index in [-0.39, 0.29) is 11.1 Å². The molecule has 0 atom stereocenters. The molecular weight excluding hydrogens is 258 g/mol. The summed E-state index contributed by atoms with van der Waals surface area (Å²) in [5, 5.41) is 0.415. The Balaban J connectivity index is 2.48. The molecule has 4 heteroatoms. The molecule has 2 rings (SSSR count). The molecule has 0 N–H and O–H groups in total. The molecule has 0 bridgehead atoms. The van der Waals surface area contributed by atoms with Crippen molar-refractivity contribution in [1.29, 1.82) is 0 Å². The average molecular weight is 267 g/mol. The Bertz CT molecular complexity index is 623. The van der Waals surface area contributed by atoms with Crippen LogP contribution in [0.3, 0.4) is 0 Å². The van der Waals surface area contributed by atoms with E-state index in [0.717, 1.165) is 11.6 Å². The minimum atomic E-state index is -1.14. The molecule has 0 aliphatic rings. The van der Waals surface area contributed by atoms with Gasteiger partial charge in [-0.15, -0.1) is 0 Å². The van der Waals surface area contributed by atoms with Gasteiger partial charge in [-0.2, -0.15) is 0 Å². The summed E-state index contributed by atoms with van der Waals surface area (Å²) >= 11 is 5.90. The highest BCUT2D eigenvalue weighted by atomic mass is 35.5. The Labute approximate surface area is 108 Å². The lowest BCUT2D eigenvalue weighted by molar-refractivity contribution is 0.103. The summed E-state index contributed by atoms with van der Waals surface area (Å²) in [6.07, 6.45) is 0. The van der Waals surface area contributed by atoms with Crippen LogP contribution in [0, 0.1) is 18.6 Å². The molecule has 92 valence electrons. The standard InChI is InChI=1S/C14H9ClF2O/c1-8-5-6-9(7-11(8)15)14(18)10-3-2-4-12(16)13(10)17/h2-7H,1H3. The second-order valence-electron chi connectivity index (χ2n) is 3.89. The van der Waals surface area contributed by atoms with Gasteiger partial charge in [0.15, 0.2) is 17.4 Å². The zero-order chi connectivity index (χ0) is 13.3. The van der Waals surface area contributed by atoms with Crippen LogP contribution in [0.5, 0.6) is 0 Å². The fraction of sp³-hybridized carbons (Fsp3) is 0.0714. The number of rotatable bonds is 2. The Morgan fingerprint density at radius 1 is 1.17 bits per heavy atom. The van der Waals surface area contributed by atoms with Gasteiger partial charge in [0, 0.05) is 10.6 Å². The molecule has 0 heterocycles. The molecule has 18 heavy (non-hydrogen) atoms. The summed E-state index contributed by atoms with van der Waals surface area (Å²) < 4.78 is 26.5. The lowest BCUT2D eigenvalue weighted by Gasteiger charge is -2.05. The van der Waals surface area contributed by atoms with Crippen LogP contribution in [-0.4, -0.2) is 5.78 Å². The number of carbonyl (C=O) groups is 1. The Hall–Kier alpha value is -1.74. The minimum Gasteiger partial charge on any atom is -0.288 e. The summed E-state index contributed by atoms with van der Waals surface area (Å²) in [7, 11) is 0. The van der Waals surface area contributed by atoms with Gasteiger partial charge in [-0.3, -0.25) is 4.79 Å². The van der Waals surface area contributed by atoms with Crippen LogP contribution in [0.25, 0.3) is 0 Å². The summed E-state index contributed by atoms with van der Waals surface area (Å²) in [6.45, 7) is 1.79. The van der Waals surface area contributed by atoms with Crippen molar-refractivity contribution in [2.24, 2.45) is 0 Å². The van der Waals surface area contributed by atoms with Gasteiger partial charge in [-0.1, -0.05) is 29.8 Å². The van der Waals surface area contributed by atoms with Gasteiger partial charge in [0.1, 0.15) is 0 Å². The molecule has 0 aliphatic carbocycles. The van der Waals surface area contributed by atoms with Crippen LogP contribution in [0.4, 0.5) is 8.78 Å². The van der Waals surface area contributed by atoms with Crippen molar-refractivity contribution in [3.63, 3.8) is 0 Å². The van der Waals surface area contributed by atoms with Crippen molar-refractivity contribution in [2.75, 3.05) is 0 Å². The molecule has 1 nitrogen and oxygen atoms in total. The predicted molar refractivity (Wildman–Crippen MR) is 66.0 cm³/mol. The SMILES string of the molecule is Cc1ccc(C(=O)c2cccc(F)c2F)cc1Cl. The van der Waals surface area contributed by atoms with E-state index in [9.17, 15) is 13.6 Å². The summed E-state index contributed by atoms with van der Waals surface area (Å²) in [6, 6.07) is 8.15. The van der Waals surface area contributed by atoms with Crippen molar-refractivity contribution in [3.8, 4) is 0 Å². The van der Waals surface area contributed by atoms with Crippen LogP contribution >= 0.6 is 11.6 Å². The molecule has 0 aliphatic heterocycles. The van der Waals surface area contributed by atoms with E-state index >= 15 is 0 Å². The largest absolute Gasteiger partial charge is 0.288 e. The van der Waals surface area contributed by atoms with Crippen molar-refractivity contribution < 1.29 is 13.6 Å². The third-order valence-corrected chi connectivity index (χ3v) is 3.04. The topological polar surface area (TPSA) is 17.1 Å². The lowest BCUT2D eigenvalue weighted by Crippen LogP contribution is -2.06. The van der Waals surface area contributed by atoms with E-state index in [1.807, 2.05) is 0 Å². The molecule has 2 aromatic rings. The highest BCUT2D eigenvalue weighted by Gasteiger charge is 2.17. The van der Waals surface area contributed by atoms with E-state index in [2.05, 4.69) is 0 Å². The van der Waals surface area contributed by atoms with E-state index < -0.39 is 17.4 Å².